The lowest BCUT2D eigenvalue weighted by atomic mass is 9.89. The van der Waals surface area contributed by atoms with Crippen molar-refractivity contribution in [1.29, 1.82) is 0 Å². The van der Waals surface area contributed by atoms with E-state index in [1.165, 1.54) is 34.8 Å². The van der Waals surface area contributed by atoms with Crippen LogP contribution in [0.1, 0.15) is 41.8 Å². The third-order valence-corrected chi connectivity index (χ3v) is 5.46. The Morgan fingerprint density at radius 1 is 1.50 bits per heavy atom. The van der Waals surface area contributed by atoms with E-state index in [-0.39, 0.29) is 5.54 Å². The molecule has 2 unspecified atom stereocenters. The maximum atomic E-state index is 5.17. The Hall–Kier alpha value is -0.450. The quantitative estimate of drug-likeness (QED) is 0.834. The van der Waals surface area contributed by atoms with Crippen molar-refractivity contribution in [3.63, 3.8) is 0 Å². The van der Waals surface area contributed by atoms with Gasteiger partial charge in [-0.15, -0.1) is 11.3 Å². The first-order valence-electron chi connectivity index (χ1n) is 6.78. The Kier molecular flexibility index (Phi) is 4.41. The number of hydrogen-bond acceptors (Lipinski definition) is 4. The van der Waals surface area contributed by atoms with Gasteiger partial charge in [-0.2, -0.15) is 0 Å². The molecule has 102 valence electrons. The summed E-state index contributed by atoms with van der Waals surface area (Å²) in [5, 5.41) is 5.00. The predicted molar refractivity (Wildman–Crippen MR) is 76.2 cm³/mol. The summed E-state index contributed by atoms with van der Waals surface area (Å²) < 4.78 is 5.17. The zero-order valence-electron chi connectivity index (χ0n) is 11.9. The minimum absolute atomic E-state index is 0.0855. The topological polar surface area (TPSA) is 34.1 Å². The number of rotatable bonds is 5. The molecular formula is C14H24N2OS. The molecule has 4 heteroatoms. The largest absolute Gasteiger partial charge is 0.383 e. The molecule has 18 heavy (non-hydrogen) atoms. The monoisotopic (exact) mass is 268 g/mol. The number of methoxy groups -OCH3 is 1. The van der Waals surface area contributed by atoms with E-state index in [1.807, 2.05) is 11.3 Å². The second kappa shape index (κ2) is 5.68. The molecular weight excluding hydrogens is 244 g/mol. The molecule has 1 heterocycles. The summed E-state index contributed by atoms with van der Waals surface area (Å²) >= 11 is 1.86. The number of nitrogens with zero attached hydrogens (tertiary/aromatic N) is 1. The summed E-state index contributed by atoms with van der Waals surface area (Å²) in [6.07, 6.45) is 3.78. The molecule has 0 aromatic carbocycles. The van der Waals surface area contributed by atoms with Crippen LogP contribution in [0, 0.1) is 19.8 Å². The van der Waals surface area contributed by atoms with Gasteiger partial charge in [0.1, 0.15) is 5.01 Å². The predicted octanol–water partition coefficient (Wildman–Crippen LogP) is 3.01. The Balaban J connectivity index is 2.24. The first kappa shape index (κ1) is 14.0. The summed E-state index contributed by atoms with van der Waals surface area (Å²) in [5.74, 6) is 0.652. The van der Waals surface area contributed by atoms with Gasteiger partial charge in [-0.05, 0) is 32.6 Å². The second-order valence-electron chi connectivity index (χ2n) is 5.34. The summed E-state index contributed by atoms with van der Waals surface area (Å²) in [7, 11) is 1.75. The van der Waals surface area contributed by atoms with Crippen molar-refractivity contribution in [1.82, 2.24) is 10.3 Å². The fourth-order valence-electron chi connectivity index (χ4n) is 2.88. The van der Waals surface area contributed by atoms with Gasteiger partial charge in [0.2, 0.25) is 0 Å². The van der Waals surface area contributed by atoms with E-state index in [0.29, 0.717) is 5.92 Å². The molecule has 0 amide bonds. The average Bonchev–Trinajstić information content (AvgIpc) is 2.86. The average molecular weight is 268 g/mol. The zero-order valence-corrected chi connectivity index (χ0v) is 12.7. The smallest absolute Gasteiger partial charge is 0.114 e. The molecule has 1 aliphatic rings. The normalized spacial score (nSPS) is 27.9. The molecule has 1 aromatic rings. The van der Waals surface area contributed by atoms with Gasteiger partial charge in [-0.25, -0.2) is 4.98 Å². The van der Waals surface area contributed by atoms with E-state index >= 15 is 0 Å². The van der Waals surface area contributed by atoms with Crippen molar-refractivity contribution in [2.75, 3.05) is 20.3 Å². The van der Waals surface area contributed by atoms with Crippen LogP contribution in [-0.4, -0.2) is 25.2 Å². The van der Waals surface area contributed by atoms with Crippen molar-refractivity contribution >= 4 is 11.3 Å². The first-order valence-corrected chi connectivity index (χ1v) is 7.60. The van der Waals surface area contributed by atoms with Gasteiger partial charge in [-0.1, -0.05) is 13.3 Å². The minimum atomic E-state index is 0.0855. The highest BCUT2D eigenvalue weighted by molar-refractivity contribution is 7.11. The van der Waals surface area contributed by atoms with E-state index in [0.717, 1.165) is 13.2 Å². The minimum Gasteiger partial charge on any atom is -0.383 e. The Morgan fingerprint density at radius 3 is 2.78 bits per heavy atom. The third kappa shape index (κ3) is 2.46. The molecule has 0 radical (unpaired) electrons. The number of nitrogens with one attached hydrogen (secondary N) is 1. The van der Waals surface area contributed by atoms with Gasteiger partial charge in [0.25, 0.3) is 0 Å². The highest BCUT2D eigenvalue weighted by Gasteiger charge is 2.43. The van der Waals surface area contributed by atoms with Crippen LogP contribution < -0.4 is 5.32 Å². The SMILES string of the molecule is COCCNC1(c2nc(C)c(C)s2)CCCC1C. The number of ether oxygens (including phenoxy) is 1. The van der Waals surface area contributed by atoms with Gasteiger partial charge in [0.15, 0.2) is 0 Å². The number of aryl methyl sites for hydroxylation is 2. The maximum Gasteiger partial charge on any atom is 0.114 e. The van der Waals surface area contributed by atoms with E-state index in [4.69, 9.17) is 9.72 Å². The van der Waals surface area contributed by atoms with Crippen LogP contribution in [0.15, 0.2) is 0 Å². The van der Waals surface area contributed by atoms with Crippen LogP contribution in [0.3, 0.4) is 0 Å². The zero-order chi connectivity index (χ0) is 13.2. The van der Waals surface area contributed by atoms with Crippen LogP contribution in [0.25, 0.3) is 0 Å². The highest BCUT2D eigenvalue weighted by Crippen LogP contribution is 2.45. The summed E-state index contributed by atoms with van der Waals surface area (Å²) in [5.41, 5.74) is 1.27. The van der Waals surface area contributed by atoms with Gasteiger partial charge in [0.05, 0.1) is 17.8 Å². The van der Waals surface area contributed by atoms with Crippen molar-refractivity contribution in [3.8, 4) is 0 Å². The molecule has 1 aliphatic carbocycles. The van der Waals surface area contributed by atoms with Crippen molar-refractivity contribution < 1.29 is 4.74 Å². The number of hydrogen-bond donors (Lipinski definition) is 1. The molecule has 1 N–H and O–H groups in total. The number of thiazole rings is 1. The van der Waals surface area contributed by atoms with Crippen molar-refractivity contribution in [2.24, 2.45) is 5.92 Å². The van der Waals surface area contributed by atoms with Crippen LogP contribution in [0.4, 0.5) is 0 Å². The molecule has 2 rings (SSSR count). The Morgan fingerprint density at radius 2 is 2.28 bits per heavy atom. The molecule has 1 aromatic heterocycles. The lowest BCUT2D eigenvalue weighted by Gasteiger charge is -2.33. The summed E-state index contributed by atoms with van der Waals surface area (Å²) in [4.78, 5) is 6.15. The lowest BCUT2D eigenvalue weighted by molar-refractivity contribution is 0.172. The molecule has 0 aliphatic heterocycles. The van der Waals surface area contributed by atoms with E-state index in [1.54, 1.807) is 7.11 Å². The fourth-order valence-corrected chi connectivity index (χ4v) is 4.10. The second-order valence-corrected chi connectivity index (χ2v) is 6.55. The van der Waals surface area contributed by atoms with E-state index in [2.05, 4.69) is 26.1 Å². The standard InChI is InChI=1S/C14H24N2OS/c1-10-6-5-7-14(10,15-8-9-17-4)13-16-11(2)12(3)18-13/h10,15H,5-9H2,1-4H3. The van der Waals surface area contributed by atoms with Gasteiger partial charge in [-0.3, -0.25) is 0 Å². The number of aromatic nitrogens is 1. The van der Waals surface area contributed by atoms with Gasteiger partial charge in [0, 0.05) is 18.5 Å². The molecule has 0 spiro atoms. The van der Waals surface area contributed by atoms with Crippen LogP contribution in [0.2, 0.25) is 0 Å². The van der Waals surface area contributed by atoms with Crippen LogP contribution in [0.5, 0.6) is 0 Å². The first-order chi connectivity index (χ1) is 8.60. The molecule has 1 fully saturated rings. The van der Waals surface area contributed by atoms with Gasteiger partial charge >= 0.3 is 0 Å². The van der Waals surface area contributed by atoms with Crippen LogP contribution in [-0.2, 0) is 10.3 Å². The Labute approximate surface area is 114 Å². The van der Waals surface area contributed by atoms with Crippen molar-refractivity contribution in [2.45, 2.75) is 45.6 Å². The van der Waals surface area contributed by atoms with E-state index in [9.17, 15) is 0 Å². The summed E-state index contributed by atoms with van der Waals surface area (Å²) in [6.45, 7) is 8.28. The van der Waals surface area contributed by atoms with Crippen molar-refractivity contribution in [3.05, 3.63) is 15.6 Å². The van der Waals surface area contributed by atoms with Gasteiger partial charge < -0.3 is 10.1 Å². The summed E-state index contributed by atoms with van der Waals surface area (Å²) in [6, 6.07) is 0. The highest BCUT2D eigenvalue weighted by atomic mass is 32.1. The fraction of sp³-hybridized carbons (Fsp3) is 0.786. The van der Waals surface area contributed by atoms with Crippen LogP contribution >= 0.6 is 11.3 Å². The molecule has 0 saturated heterocycles. The molecule has 0 bridgehead atoms. The lowest BCUT2D eigenvalue weighted by Crippen LogP contribution is -2.45. The Bertz CT molecular complexity index is 385. The molecule has 1 saturated carbocycles. The third-order valence-electron chi connectivity index (χ3n) is 4.21. The molecule has 2 atom stereocenters. The molecule has 3 nitrogen and oxygen atoms in total. The van der Waals surface area contributed by atoms with E-state index < -0.39 is 0 Å². The maximum absolute atomic E-state index is 5.17.